The molecule has 0 aliphatic heterocycles. The number of hydrogen-bond donors (Lipinski definition) is 2. The molecule has 2 N–H and O–H groups in total. The van der Waals surface area contributed by atoms with Crippen LogP contribution in [-0.4, -0.2) is 21.0 Å². The summed E-state index contributed by atoms with van der Waals surface area (Å²) in [6.45, 7) is 0. The normalized spacial score (nSPS) is 11.7. The topological polar surface area (TPSA) is 75.1 Å². The molecule has 0 saturated heterocycles. The first-order chi connectivity index (χ1) is 11.6. The van der Waals surface area contributed by atoms with Crippen molar-refractivity contribution in [3.05, 3.63) is 89.8 Å². The standard InChI is InChI=1S/C18H14FN3O2/c19-14-3-1-12(2-4-14)17(13-5-8-20-9-6-13)22-18(24)15-7-10-21-11-16(15)23/h1-11,17,23H,(H,22,24)/t17-/m1/s1. The Balaban J connectivity index is 1.95. The summed E-state index contributed by atoms with van der Waals surface area (Å²) in [5.74, 6) is -1.02. The maximum absolute atomic E-state index is 13.2. The minimum absolute atomic E-state index is 0.117. The number of nitrogens with zero attached hydrogens (tertiary/aromatic N) is 2. The smallest absolute Gasteiger partial charge is 0.255 e. The first-order valence-electron chi connectivity index (χ1n) is 7.24. The van der Waals surface area contributed by atoms with E-state index in [0.717, 1.165) is 5.56 Å². The van der Waals surface area contributed by atoms with Gasteiger partial charge in [0.2, 0.25) is 0 Å². The number of carbonyl (C=O) groups excluding carboxylic acids is 1. The van der Waals surface area contributed by atoms with Crippen LogP contribution in [0.15, 0.2) is 67.3 Å². The molecular formula is C18H14FN3O2. The van der Waals surface area contributed by atoms with Crippen LogP contribution >= 0.6 is 0 Å². The molecule has 0 fully saturated rings. The zero-order valence-corrected chi connectivity index (χ0v) is 12.6. The van der Waals surface area contributed by atoms with Crippen LogP contribution in [0.3, 0.4) is 0 Å². The number of carbonyl (C=O) groups is 1. The number of nitrogens with one attached hydrogen (secondary N) is 1. The molecule has 0 aliphatic carbocycles. The molecule has 0 saturated carbocycles. The molecule has 5 nitrogen and oxygen atoms in total. The minimum Gasteiger partial charge on any atom is -0.505 e. The molecule has 0 aliphatic rings. The van der Waals surface area contributed by atoms with Crippen molar-refractivity contribution in [1.29, 1.82) is 0 Å². The van der Waals surface area contributed by atoms with Gasteiger partial charge < -0.3 is 10.4 Å². The highest BCUT2D eigenvalue weighted by Gasteiger charge is 2.19. The van der Waals surface area contributed by atoms with Crippen LogP contribution < -0.4 is 5.32 Å². The molecule has 0 radical (unpaired) electrons. The van der Waals surface area contributed by atoms with E-state index >= 15 is 0 Å². The van der Waals surface area contributed by atoms with Crippen molar-refractivity contribution in [2.75, 3.05) is 0 Å². The van der Waals surface area contributed by atoms with Crippen molar-refractivity contribution in [2.45, 2.75) is 6.04 Å². The van der Waals surface area contributed by atoms with Crippen LogP contribution in [-0.2, 0) is 0 Å². The largest absolute Gasteiger partial charge is 0.505 e. The van der Waals surface area contributed by atoms with E-state index in [1.807, 2.05) is 0 Å². The monoisotopic (exact) mass is 323 g/mol. The Morgan fingerprint density at radius 3 is 2.25 bits per heavy atom. The molecule has 0 unspecified atom stereocenters. The number of benzene rings is 1. The van der Waals surface area contributed by atoms with Gasteiger partial charge in [-0.15, -0.1) is 0 Å². The summed E-state index contributed by atoms with van der Waals surface area (Å²) in [6.07, 6.45) is 5.85. The second-order valence-corrected chi connectivity index (χ2v) is 5.13. The number of aromatic nitrogens is 2. The fourth-order valence-corrected chi connectivity index (χ4v) is 2.36. The molecular weight excluding hydrogens is 309 g/mol. The van der Waals surface area contributed by atoms with E-state index in [1.165, 1.54) is 30.6 Å². The second-order valence-electron chi connectivity index (χ2n) is 5.13. The summed E-state index contributed by atoms with van der Waals surface area (Å²) >= 11 is 0. The summed E-state index contributed by atoms with van der Waals surface area (Å²) in [6, 6.07) is 10.3. The molecule has 24 heavy (non-hydrogen) atoms. The molecule has 1 aromatic carbocycles. The van der Waals surface area contributed by atoms with Crippen molar-refractivity contribution in [3.8, 4) is 5.75 Å². The summed E-state index contributed by atoms with van der Waals surface area (Å²) < 4.78 is 13.2. The van der Waals surface area contributed by atoms with Gasteiger partial charge in [0.25, 0.3) is 5.91 Å². The summed E-state index contributed by atoms with van der Waals surface area (Å²) in [5, 5.41) is 12.6. The Morgan fingerprint density at radius 1 is 0.958 bits per heavy atom. The fraction of sp³-hybridized carbons (Fsp3) is 0.0556. The maximum Gasteiger partial charge on any atom is 0.255 e. The minimum atomic E-state index is -0.506. The van der Waals surface area contributed by atoms with Crippen LogP contribution in [0, 0.1) is 5.82 Å². The molecule has 0 bridgehead atoms. The lowest BCUT2D eigenvalue weighted by Gasteiger charge is -2.20. The van der Waals surface area contributed by atoms with E-state index < -0.39 is 11.9 Å². The van der Waals surface area contributed by atoms with E-state index in [9.17, 15) is 14.3 Å². The van der Waals surface area contributed by atoms with Gasteiger partial charge in [0.15, 0.2) is 0 Å². The third kappa shape index (κ3) is 3.38. The number of halogens is 1. The molecule has 2 heterocycles. The Bertz CT molecular complexity index is 838. The summed E-state index contributed by atoms with van der Waals surface area (Å²) in [7, 11) is 0. The zero-order valence-electron chi connectivity index (χ0n) is 12.6. The van der Waals surface area contributed by atoms with Gasteiger partial charge in [0, 0.05) is 18.6 Å². The highest BCUT2D eigenvalue weighted by molar-refractivity contribution is 5.97. The van der Waals surface area contributed by atoms with Crippen molar-refractivity contribution >= 4 is 5.91 Å². The molecule has 120 valence electrons. The number of aromatic hydroxyl groups is 1. The van der Waals surface area contributed by atoms with Gasteiger partial charge in [-0.2, -0.15) is 0 Å². The summed E-state index contributed by atoms with van der Waals surface area (Å²) in [4.78, 5) is 20.2. The van der Waals surface area contributed by atoms with Gasteiger partial charge in [-0.05, 0) is 41.5 Å². The number of pyridine rings is 2. The lowest BCUT2D eigenvalue weighted by molar-refractivity contribution is 0.0940. The van der Waals surface area contributed by atoms with Crippen LogP contribution in [0.5, 0.6) is 5.75 Å². The van der Waals surface area contributed by atoms with Gasteiger partial charge in [-0.25, -0.2) is 4.39 Å². The van der Waals surface area contributed by atoms with E-state index in [0.29, 0.717) is 5.56 Å². The molecule has 1 amide bonds. The van der Waals surface area contributed by atoms with Crippen LogP contribution in [0.4, 0.5) is 4.39 Å². The first-order valence-corrected chi connectivity index (χ1v) is 7.24. The quantitative estimate of drug-likeness (QED) is 0.774. The lowest BCUT2D eigenvalue weighted by atomic mass is 9.99. The molecule has 3 aromatic rings. The van der Waals surface area contributed by atoms with Gasteiger partial charge in [0.1, 0.15) is 11.6 Å². The van der Waals surface area contributed by atoms with E-state index in [2.05, 4.69) is 15.3 Å². The highest BCUT2D eigenvalue weighted by Crippen LogP contribution is 2.23. The van der Waals surface area contributed by atoms with Crippen molar-refractivity contribution in [3.63, 3.8) is 0 Å². The molecule has 6 heteroatoms. The third-order valence-electron chi connectivity index (χ3n) is 3.56. The highest BCUT2D eigenvalue weighted by atomic mass is 19.1. The second kappa shape index (κ2) is 6.87. The van der Waals surface area contributed by atoms with Gasteiger partial charge >= 0.3 is 0 Å². The fourth-order valence-electron chi connectivity index (χ4n) is 2.36. The third-order valence-corrected chi connectivity index (χ3v) is 3.56. The van der Waals surface area contributed by atoms with Crippen molar-refractivity contribution in [2.24, 2.45) is 0 Å². The Morgan fingerprint density at radius 2 is 1.58 bits per heavy atom. The Hall–Kier alpha value is -3.28. The maximum atomic E-state index is 13.2. The van der Waals surface area contributed by atoms with Crippen LogP contribution in [0.1, 0.15) is 27.5 Å². The van der Waals surface area contributed by atoms with Crippen LogP contribution in [0.25, 0.3) is 0 Å². The number of hydrogen-bond acceptors (Lipinski definition) is 4. The van der Waals surface area contributed by atoms with Gasteiger partial charge in [-0.1, -0.05) is 12.1 Å². The van der Waals surface area contributed by atoms with E-state index in [1.54, 1.807) is 36.7 Å². The zero-order chi connectivity index (χ0) is 16.9. The predicted molar refractivity (Wildman–Crippen MR) is 85.8 cm³/mol. The first kappa shape index (κ1) is 15.6. The van der Waals surface area contributed by atoms with E-state index in [4.69, 9.17) is 0 Å². The molecule has 1 atom stereocenters. The van der Waals surface area contributed by atoms with E-state index in [-0.39, 0.29) is 17.1 Å². The molecule has 2 aromatic heterocycles. The Labute approximate surface area is 137 Å². The molecule has 0 spiro atoms. The van der Waals surface area contributed by atoms with Crippen molar-refractivity contribution in [1.82, 2.24) is 15.3 Å². The SMILES string of the molecule is O=C(N[C@@H](c1ccncc1)c1ccc(F)cc1)c1ccncc1O. The number of amides is 1. The predicted octanol–water partition coefficient (Wildman–Crippen LogP) is 2.84. The lowest BCUT2D eigenvalue weighted by Crippen LogP contribution is -2.29. The average molecular weight is 323 g/mol. The molecule has 3 rings (SSSR count). The Kier molecular flexibility index (Phi) is 4.47. The van der Waals surface area contributed by atoms with Crippen molar-refractivity contribution < 1.29 is 14.3 Å². The van der Waals surface area contributed by atoms with Crippen LogP contribution in [0.2, 0.25) is 0 Å². The number of rotatable bonds is 4. The van der Waals surface area contributed by atoms with Gasteiger partial charge in [0.05, 0.1) is 17.8 Å². The van der Waals surface area contributed by atoms with Gasteiger partial charge in [-0.3, -0.25) is 14.8 Å². The summed E-state index contributed by atoms with van der Waals surface area (Å²) in [5.41, 5.74) is 1.62. The average Bonchev–Trinajstić information content (AvgIpc) is 2.61.